The van der Waals surface area contributed by atoms with Crippen LogP contribution in [0.5, 0.6) is 0 Å². The topological polar surface area (TPSA) is 34.6 Å². The Morgan fingerprint density at radius 3 is 2.37 bits per heavy atom. The van der Waals surface area contributed by atoms with Crippen molar-refractivity contribution in [2.75, 3.05) is 19.6 Å². The highest BCUT2D eigenvalue weighted by Gasteiger charge is 2.51. The summed E-state index contributed by atoms with van der Waals surface area (Å²) < 4.78 is 51.6. The number of hydrogen-bond acceptors (Lipinski definition) is 5. The Kier molecular flexibility index (Phi) is 5.94. The molecule has 30 heavy (non-hydrogen) atoms. The summed E-state index contributed by atoms with van der Waals surface area (Å²) in [5.74, 6) is 0.281. The lowest BCUT2D eigenvalue weighted by Crippen LogP contribution is -2.41. The summed E-state index contributed by atoms with van der Waals surface area (Å²) in [7, 11) is -0.420. The molecule has 0 saturated carbocycles. The zero-order chi connectivity index (χ0) is 21.7. The maximum absolute atomic E-state index is 13.3. The fourth-order valence-electron chi connectivity index (χ4n) is 3.95. The highest BCUT2D eigenvalue weighted by Crippen LogP contribution is 2.37. The molecule has 1 aromatic carbocycles. The van der Waals surface area contributed by atoms with Crippen molar-refractivity contribution in [1.29, 1.82) is 0 Å². The quantitative estimate of drug-likeness (QED) is 0.647. The highest BCUT2D eigenvalue weighted by atomic mass is 32.1. The molecular formula is C21H28BF3N2O2S. The third kappa shape index (κ3) is 4.26. The third-order valence-corrected chi connectivity index (χ3v) is 7.80. The van der Waals surface area contributed by atoms with Crippen molar-refractivity contribution < 1.29 is 22.5 Å². The average molecular weight is 440 g/mol. The summed E-state index contributed by atoms with van der Waals surface area (Å²) in [6.45, 7) is 9.18. The van der Waals surface area contributed by atoms with E-state index >= 15 is 0 Å². The van der Waals surface area contributed by atoms with Crippen LogP contribution in [0.4, 0.5) is 13.2 Å². The molecule has 2 aromatic rings. The Hall–Kier alpha value is -1.16. The molecule has 2 aliphatic heterocycles. The minimum absolute atomic E-state index is 0.193. The predicted octanol–water partition coefficient (Wildman–Crippen LogP) is 4.38. The first-order valence-corrected chi connectivity index (χ1v) is 11.3. The van der Waals surface area contributed by atoms with E-state index in [1.54, 1.807) is 16.2 Å². The van der Waals surface area contributed by atoms with E-state index in [4.69, 9.17) is 14.3 Å². The molecule has 9 heteroatoms. The summed E-state index contributed by atoms with van der Waals surface area (Å²) in [5.41, 5.74) is 1.09. The van der Waals surface area contributed by atoms with Gasteiger partial charge in [0.1, 0.15) is 0 Å². The van der Waals surface area contributed by atoms with Crippen molar-refractivity contribution in [2.45, 2.75) is 70.3 Å². The van der Waals surface area contributed by atoms with E-state index in [1.165, 1.54) is 0 Å². The Morgan fingerprint density at radius 1 is 1.13 bits per heavy atom. The number of nitrogens with zero attached hydrogens (tertiary/aromatic N) is 2. The summed E-state index contributed by atoms with van der Waals surface area (Å²) in [4.78, 5) is 6.64. The molecule has 4 rings (SSSR count). The molecule has 0 spiro atoms. The maximum atomic E-state index is 13.3. The van der Waals surface area contributed by atoms with Crippen LogP contribution in [-0.4, -0.2) is 60.4 Å². The molecule has 3 heterocycles. The largest absolute Gasteiger partial charge is 0.494 e. The molecule has 0 radical (unpaired) electrons. The van der Waals surface area contributed by atoms with Gasteiger partial charge in [0.15, 0.2) is 6.17 Å². The van der Waals surface area contributed by atoms with Gasteiger partial charge in [-0.25, -0.2) is 18.2 Å². The molecule has 2 saturated heterocycles. The van der Waals surface area contributed by atoms with Crippen LogP contribution in [0.3, 0.4) is 0 Å². The van der Waals surface area contributed by atoms with Crippen molar-refractivity contribution in [1.82, 2.24) is 9.88 Å². The number of likely N-dealkylation sites (tertiary alicyclic amines) is 1. The molecule has 0 bridgehead atoms. The number of alkyl halides is 3. The smallest absolute Gasteiger partial charge is 0.399 e. The van der Waals surface area contributed by atoms with Crippen molar-refractivity contribution in [2.24, 2.45) is 0 Å². The van der Waals surface area contributed by atoms with Crippen LogP contribution in [-0.2, 0) is 9.31 Å². The summed E-state index contributed by atoms with van der Waals surface area (Å²) in [6, 6.07) is 6.12. The third-order valence-electron chi connectivity index (χ3n) is 6.60. The molecule has 1 aromatic heterocycles. The zero-order valence-electron chi connectivity index (χ0n) is 17.8. The lowest BCUT2D eigenvalue weighted by atomic mass is 9.79. The van der Waals surface area contributed by atoms with Gasteiger partial charge in [0.05, 0.1) is 26.4 Å². The van der Waals surface area contributed by atoms with E-state index in [-0.39, 0.29) is 12.5 Å². The molecule has 164 valence electrons. The number of benzene rings is 1. The molecule has 0 aliphatic carbocycles. The molecule has 2 fully saturated rings. The van der Waals surface area contributed by atoms with Crippen molar-refractivity contribution in [3.8, 4) is 0 Å². The van der Waals surface area contributed by atoms with Gasteiger partial charge in [-0.2, -0.15) is 0 Å². The first-order valence-electron chi connectivity index (χ1n) is 10.5. The van der Waals surface area contributed by atoms with E-state index in [2.05, 4.69) is 6.07 Å². The van der Waals surface area contributed by atoms with E-state index < -0.39 is 30.9 Å². The second-order valence-electron chi connectivity index (χ2n) is 9.29. The van der Waals surface area contributed by atoms with Gasteiger partial charge in [0.2, 0.25) is 0 Å². The summed E-state index contributed by atoms with van der Waals surface area (Å²) >= 11 is 1.67. The number of hydrogen-bond donors (Lipinski definition) is 0. The molecule has 1 atom stereocenters. The normalized spacial score (nSPS) is 23.5. The molecule has 2 aliphatic rings. The number of thiazole rings is 1. The number of rotatable bonds is 5. The second kappa shape index (κ2) is 8.08. The van der Waals surface area contributed by atoms with Gasteiger partial charge in [0, 0.05) is 12.5 Å². The number of fused-ring (bicyclic) bond motifs is 1. The monoisotopic (exact) mass is 440 g/mol. The lowest BCUT2D eigenvalue weighted by molar-refractivity contribution is 0.00578. The van der Waals surface area contributed by atoms with Crippen molar-refractivity contribution in [3.63, 3.8) is 0 Å². The fraction of sp³-hybridized carbons (Fsp3) is 0.667. The number of halogens is 3. The molecule has 0 amide bonds. The van der Waals surface area contributed by atoms with Crippen LogP contribution < -0.4 is 5.46 Å². The highest BCUT2D eigenvalue weighted by molar-refractivity contribution is 7.18. The minimum Gasteiger partial charge on any atom is -0.399 e. The van der Waals surface area contributed by atoms with Crippen molar-refractivity contribution >= 4 is 34.1 Å². The molecular weight excluding hydrogens is 412 g/mol. The van der Waals surface area contributed by atoms with Gasteiger partial charge in [-0.05, 0) is 71.2 Å². The van der Waals surface area contributed by atoms with Gasteiger partial charge in [-0.1, -0.05) is 6.07 Å². The fourth-order valence-corrected chi connectivity index (χ4v) is 5.07. The minimum atomic E-state index is -2.91. The second-order valence-corrected chi connectivity index (χ2v) is 10.4. The van der Waals surface area contributed by atoms with Crippen LogP contribution in [0.1, 0.15) is 51.5 Å². The van der Waals surface area contributed by atoms with Gasteiger partial charge in [-0.15, -0.1) is 11.3 Å². The van der Waals surface area contributed by atoms with Gasteiger partial charge >= 0.3 is 7.12 Å². The molecule has 4 nitrogen and oxygen atoms in total. The first kappa shape index (κ1) is 22.1. The number of piperidine rings is 1. The van der Waals surface area contributed by atoms with E-state index in [0.717, 1.165) is 33.5 Å². The SMILES string of the molecule is CC1(C)OB(c2ccc3sc(C4CCN(CC(F)C(F)F)CC4)nc3c2)OC1(C)C. The van der Waals surface area contributed by atoms with Gasteiger partial charge in [0.25, 0.3) is 6.43 Å². The average Bonchev–Trinajstić information content (AvgIpc) is 3.19. The Bertz CT molecular complexity index is 884. The van der Waals surface area contributed by atoms with Crippen LogP contribution in [0.15, 0.2) is 18.2 Å². The Balaban J connectivity index is 1.44. The predicted molar refractivity (Wildman–Crippen MR) is 115 cm³/mol. The van der Waals surface area contributed by atoms with Gasteiger partial charge < -0.3 is 14.2 Å². The maximum Gasteiger partial charge on any atom is 0.494 e. The Labute approximate surface area is 179 Å². The van der Waals surface area contributed by atoms with E-state index in [9.17, 15) is 13.2 Å². The summed E-state index contributed by atoms with van der Waals surface area (Å²) in [5, 5.41) is 1.06. The zero-order valence-corrected chi connectivity index (χ0v) is 18.6. The summed E-state index contributed by atoms with van der Waals surface area (Å²) in [6.07, 6.45) is -3.37. The van der Waals surface area contributed by atoms with Crippen LogP contribution in [0, 0.1) is 0 Å². The van der Waals surface area contributed by atoms with Gasteiger partial charge in [-0.3, -0.25) is 0 Å². The van der Waals surface area contributed by atoms with Crippen LogP contribution in [0.2, 0.25) is 0 Å². The van der Waals surface area contributed by atoms with E-state index in [1.807, 2.05) is 39.8 Å². The van der Waals surface area contributed by atoms with Crippen LogP contribution >= 0.6 is 11.3 Å². The van der Waals surface area contributed by atoms with Crippen LogP contribution in [0.25, 0.3) is 10.2 Å². The van der Waals surface area contributed by atoms with Crippen molar-refractivity contribution in [3.05, 3.63) is 23.2 Å². The lowest BCUT2D eigenvalue weighted by Gasteiger charge is -2.32. The molecule has 0 N–H and O–H groups in total. The first-order chi connectivity index (χ1) is 14.1. The number of aromatic nitrogens is 1. The Morgan fingerprint density at radius 2 is 1.77 bits per heavy atom. The molecule has 1 unspecified atom stereocenters. The van der Waals surface area contributed by atoms with E-state index in [0.29, 0.717) is 13.1 Å². The standard InChI is InChI=1S/C21H28BF3N2O2S/c1-20(2)21(3,4)29-22(28-20)14-5-6-17-16(11-14)26-19(30-17)13-7-9-27(10-8-13)12-15(23)18(24)25/h5-6,11,13,15,18H,7-10,12H2,1-4H3.